The van der Waals surface area contributed by atoms with E-state index in [1.165, 1.54) is 11.1 Å². The molecule has 1 aliphatic rings. The van der Waals surface area contributed by atoms with Gasteiger partial charge in [-0.1, -0.05) is 103 Å². The molecule has 45 heavy (non-hydrogen) atoms. The summed E-state index contributed by atoms with van der Waals surface area (Å²) in [7, 11) is 0. The molecule has 212 valence electrons. The molecule has 0 spiro atoms. The Morgan fingerprint density at radius 3 is 2.16 bits per heavy atom. The van der Waals surface area contributed by atoms with Gasteiger partial charge in [-0.2, -0.15) is 0 Å². The van der Waals surface area contributed by atoms with E-state index >= 15 is 0 Å². The van der Waals surface area contributed by atoms with Crippen molar-refractivity contribution >= 4 is 38.9 Å². The Labute approximate surface area is 259 Å². The van der Waals surface area contributed by atoms with Crippen LogP contribution in [-0.2, 0) is 6.42 Å². The van der Waals surface area contributed by atoms with Gasteiger partial charge in [0.1, 0.15) is 16.9 Å². The van der Waals surface area contributed by atoms with E-state index in [1.807, 2.05) is 60.8 Å². The molecular weight excluding hydrogens is 552 g/mol. The van der Waals surface area contributed by atoms with Crippen LogP contribution in [0.4, 0.5) is 0 Å². The molecule has 0 N–H and O–H groups in total. The minimum Gasteiger partial charge on any atom is -0.455 e. The van der Waals surface area contributed by atoms with Crippen LogP contribution in [0, 0.1) is 0 Å². The molecule has 0 fully saturated rings. The van der Waals surface area contributed by atoms with Crippen LogP contribution in [0.25, 0.3) is 84.1 Å². The highest BCUT2D eigenvalue weighted by atomic mass is 16.3. The molecule has 4 aromatic carbocycles. The van der Waals surface area contributed by atoms with E-state index in [1.54, 1.807) is 0 Å². The standard InChI is InChI=1S/C40H26N4O/c1-2-10-25(11-3-1)26-18-20-27(21-19-26)37-29-12-4-7-15-32(29)43-40(44-37)28-22-23-34(41-24-28)38-36-31-14-6-9-17-35(31)45-39(36)30-13-5-8-16-33(30)42-38/h1-7,9-15,17-24H,8,16H2. The highest BCUT2D eigenvalue weighted by Crippen LogP contribution is 2.40. The van der Waals surface area contributed by atoms with Crippen LogP contribution in [0.2, 0.25) is 0 Å². The van der Waals surface area contributed by atoms with Crippen molar-refractivity contribution in [3.05, 3.63) is 139 Å². The minimum atomic E-state index is 0.636. The second kappa shape index (κ2) is 10.4. The summed E-state index contributed by atoms with van der Waals surface area (Å²) >= 11 is 0. The van der Waals surface area contributed by atoms with Crippen molar-refractivity contribution in [3.8, 4) is 45.2 Å². The first-order chi connectivity index (χ1) is 22.3. The van der Waals surface area contributed by atoms with Crippen molar-refractivity contribution in [1.82, 2.24) is 19.9 Å². The maximum Gasteiger partial charge on any atom is 0.161 e. The molecule has 0 atom stereocenters. The SMILES string of the molecule is C1=Cc2c(nc(-c3ccc(-c4nc(-c5ccc(-c6ccccc6)cc5)c5ccccc5n4)cn3)c3c2oc2ccccc23)CC1. The summed E-state index contributed by atoms with van der Waals surface area (Å²) < 4.78 is 6.40. The molecule has 1 aliphatic carbocycles. The second-order valence-corrected chi connectivity index (χ2v) is 11.4. The maximum absolute atomic E-state index is 6.40. The number of aromatic nitrogens is 4. The molecule has 0 aliphatic heterocycles. The van der Waals surface area contributed by atoms with Crippen LogP contribution in [0.15, 0.2) is 132 Å². The Kier molecular flexibility index (Phi) is 5.88. The number of para-hydroxylation sites is 2. The van der Waals surface area contributed by atoms with Gasteiger partial charge in [-0.3, -0.25) is 4.98 Å². The van der Waals surface area contributed by atoms with Gasteiger partial charge >= 0.3 is 0 Å². The summed E-state index contributed by atoms with van der Waals surface area (Å²) in [5, 5.41) is 3.06. The van der Waals surface area contributed by atoms with E-state index in [0.29, 0.717) is 5.82 Å². The number of benzene rings is 4. The van der Waals surface area contributed by atoms with Gasteiger partial charge in [-0.15, -0.1) is 0 Å². The van der Waals surface area contributed by atoms with Gasteiger partial charge in [0.2, 0.25) is 0 Å². The van der Waals surface area contributed by atoms with E-state index < -0.39 is 0 Å². The third kappa shape index (κ3) is 4.32. The van der Waals surface area contributed by atoms with Crippen molar-refractivity contribution in [1.29, 1.82) is 0 Å². The normalized spacial score (nSPS) is 12.6. The lowest BCUT2D eigenvalue weighted by Crippen LogP contribution is -2.01. The average Bonchev–Trinajstić information content (AvgIpc) is 3.52. The molecule has 0 radical (unpaired) electrons. The van der Waals surface area contributed by atoms with E-state index in [-0.39, 0.29) is 0 Å². The molecule has 9 rings (SSSR count). The molecule has 5 nitrogen and oxygen atoms in total. The van der Waals surface area contributed by atoms with Crippen LogP contribution >= 0.6 is 0 Å². The van der Waals surface area contributed by atoms with Gasteiger partial charge in [-0.05, 0) is 48.2 Å². The predicted octanol–water partition coefficient (Wildman–Crippen LogP) is 9.95. The third-order valence-electron chi connectivity index (χ3n) is 8.60. The molecule has 8 aromatic rings. The summed E-state index contributed by atoms with van der Waals surface area (Å²) in [6.45, 7) is 0. The first kappa shape index (κ1) is 25.5. The number of aryl methyl sites for hydroxylation is 1. The third-order valence-corrected chi connectivity index (χ3v) is 8.60. The number of rotatable bonds is 4. The fraction of sp³-hybridized carbons (Fsp3) is 0.0500. The van der Waals surface area contributed by atoms with Crippen LogP contribution in [0.1, 0.15) is 17.7 Å². The van der Waals surface area contributed by atoms with Crippen LogP contribution in [0.3, 0.4) is 0 Å². The van der Waals surface area contributed by atoms with Gasteiger partial charge < -0.3 is 4.42 Å². The van der Waals surface area contributed by atoms with Gasteiger partial charge in [-0.25, -0.2) is 15.0 Å². The number of fused-ring (bicyclic) bond motifs is 6. The fourth-order valence-electron chi connectivity index (χ4n) is 6.36. The first-order valence-electron chi connectivity index (χ1n) is 15.2. The average molecular weight is 579 g/mol. The summed E-state index contributed by atoms with van der Waals surface area (Å²) in [5.74, 6) is 0.636. The highest BCUT2D eigenvalue weighted by molar-refractivity contribution is 6.13. The molecule has 0 saturated heterocycles. The largest absolute Gasteiger partial charge is 0.455 e. The summed E-state index contributed by atoms with van der Waals surface area (Å²) in [4.78, 5) is 20.1. The quantitative estimate of drug-likeness (QED) is 0.208. The Hall–Kier alpha value is -5.94. The lowest BCUT2D eigenvalue weighted by Gasteiger charge is -2.13. The molecule has 4 aromatic heterocycles. The Balaban J connectivity index is 1.15. The second-order valence-electron chi connectivity index (χ2n) is 11.4. The van der Waals surface area contributed by atoms with Gasteiger partial charge in [0.25, 0.3) is 0 Å². The Morgan fingerprint density at radius 2 is 1.31 bits per heavy atom. The van der Waals surface area contributed by atoms with E-state index in [0.717, 1.165) is 85.1 Å². The van der Waals surface area contributed by atoms with Crippen molar-refractivity contribution in [2.24, 2.45) is 0 Å². The number of hydrogen-bond donors (Lipinski definition) is 0. The fourth-order valence-corrected chi connectivity index (χ4v) is 6.36. The Bertz CT molecular complexity index is 2410. The summed E-state index contributed by atoms with van der Waals surface area (Å²) in [6.07, 6.45) is 8.04. The van der Waals surface area contributed by atoms with Crippen molar-refractivity contribution in [2.75, 3.05) is 0 Å². The first-order valence-corrected chi connectivity index (χ1v) is 15.2. The Morgan fingerprint density at radius 1 is 0.578 bits per heavy atom. The number of furan rings is 1. The molecule has 0 amide bonds. The van der Waals surface area contributed by atoms with Crippen LogP contribution in [-0.4, -0.2) is 19.9 Å². The zero-order valence-electron chi connectivity index (χ0n) is 24.3. The molecule has 4 heterocycles. The molecule has 0 bridgehead atoms. The number of hydrogen-bond acceptors (Lipinski definition) is 5. The van der Waals surface area contributed by atoms with Gasteiger partial charge in [0, 0.05) is 33.7 Å². The highest BCUT2D eigenvalue weighted by Gasteiger charge is 2.22. The smallest absolute Gasteiger partial charge is 0.161 e. The monoisotopic (exact) mass is 578 g/mol. The topological polar surface area (TPSA) is 64.7 Å². The van der Waals surface area contributed by atoms with E-state index in [2.05, 4.69) is 72.8 Å². The van der Waals surface area contributed by atoms with E-state index in [9.17, 15) is 0 Å². The zero-order chi connectivity index (χ0) is 29.7. The molecular formula is C40H26N4O. The van der Waals surface area contributed by atoms with Gasteiger partial charge in [0.15, 0.2) is 5.82 Å². The molecule has 0 unspecified atom stereocenters. The van der Waals surface area contributed by atoms with Crippen LogP contribution in [0.5, 0.6) is 0 Å². The molecule has 5 heteroatoms. The minimum absolute atomic E-state index is 0.636. The summed E-state index contributed by atoms with van der Waals surface area (Å²) in [5.41, 5.74) is 11.5. The van der Waals surface area contributed by atoms with Crippen molar-refractivity contribution in [3.63, 3.8) is 0 Å². The van der Waals surface area contributed by atoms with Crippen LogP contribution < -0.4 is 0 Å². The number of nitrogens with zero attached hydrogens (tertiary/aromatic N) is 4. The lowest BCUT2D eigenvalue weighted by molar-refractivity contribution is 0.665. The molecule has 0 saturated carbocycles. The van der Waals surface area contributed by atoms with Crippen molar-refractivity contribution < 1.29 is 4.42 Å². The lowest BCUT2D eigenvalue weighted by atomic mass is 9.98. The summed E-state index contributed by atoms with van der Waals surface area (Å²) in [6, 6.07) is 39.4. The number of allylic oxidation sites excluding steroid dienone is 1. The zero-order valence-corrected chi connectivity index (χ0v) is 24.3. The maximum atomic E-state index is 6.40. The van der Waals surface area contributed by atoms with E-state index in [4.69, 9.17) is 24.4 Å². The number of pyridine rings is 2. The van der Waals surface area contributed by atoms with Crippen molar-refractivity contribution in [2.45, 2.75) is 12.8 Å². The van der Waals surface area contributed by atoms with Gasteiger partial charge in [0.05, 0.1) is 28.0 Å². The predicted molar refractivity (Wildman–Crippen MR) is 182 cm³/mol.